The van der Waals surface area contributed by atoms with E-state index >= 15 is 0 Å². The van der Waals surface area contributed by atoms with Crippen molar-refractivity contribution in [1.82, 2.24) is 15.1 Å². The average Bonchev–Trinajstić information content (AvgIpc) is 3.20. The van der Waals surface area contributed by atoms with Gasteiger partial charge in [0.2, 0.25) is 11.0 Å². The van der Waals surface area contributed by atoms with Gasteiger partial charge in [-0.05, 0) is 42.0 Å². The zero-order valence-corrected chi connectivity index (χ0v) is 17.0. The van der Waals surface area contributed by atoms with Gasteiger partial charge in [0.1, 0.15) is 16.6 Å². The molecule has 1 aromatic heterocycles. The molecule has 1 fully saturated rings. The van der Waals surface area contributed by atoms with Gasteiger partial charge in [0.25, 0.3) is 0 Å². The van der Waals surface area contributed by atoms with Crippen LogP contribution >= 0.6 is 11.3 Å². The van der Waals surface area contributed by atoms with E-state index in [0.717, 1.165) is 41.9 Å². The number of carbonyl (C=O) groups is 1. The molecule has 0 unspecified atom stereocenters. The maximum Gasteiger partial charge on any atom is 0.238 e. The number of nitrogens with zero attached hydrogens (tertiary/aromatic N) is 4. The first-order valence-corrected chi connectivity index (χ1v) is 10.5. The summed E-state index contributed by atoms with van der Waals surface area (Å²) < 4.78 is 26.0. The lowest BCUT2D eigenvalue weighted by Gasteiger charge is -2.33. The molecular weight excluding hydrogens is 408 g/mol. The fourth-order valence-corrected chi connectivity index (χ4v) is 4.18. The normalized spacial score (nSPS) is 14.7. The molecule has 0 saturated carbocycles. The number of rotatable bonds is 6. The van der Waals surface area contributed by atoms with Crippen molar-refractivity contribution in [1.29, 1.82) is 0 Å². The van der Waals surface area contributed by atoms with Crippen LogP contribution in [0.4, 0.5) is 19.6 Å². The van der Waals surface area contributed by atoms with Crippen LogP contribution in [0, 0.1) is 11.6 Å². The zero-order valence-electron chi connectivity index (χ0n) is 16.2. The highest BCUT2D eigenvalue weighted by Gasteiger charge is 2.21. The first-order valence-electron chi connectivity index (χ1n) is 9.65. The highest BCUT2D eigenvalue weighted by Crippen LogP contribution is 2.23. The Morgan fingerprint density at radius 1 is 0.933 bits per heavy atom. The molecule has 0 radical (unpaired) electrons. The minimum atomic E-state index is -0.332. The quantitative estimate of drug-likeness (QED) is 0.652. The van der Waals surface area contributed by atoms with E-state index in [0.29, 0.717) is 12.1 Å². The minimum absolute atomic E-state index is 0.118. The molecule has 4 rings (SSSR count). The predicted molar refractivity (Wildman–Crippen MR) is 113 cm³/mol. The average molecular weight is 429 g/mol. The first-order chi connectivity index (χ1) is 14.5. The molecule has 6 nitrogen and oxygen atoms in total. The van der Waals surface area contributed by atoms with Gasteiger partial charge in [-0.3, -0.25) is 9.69 Å². The van der Waals surface area contributed by atoms with Crippen molar-refractivity contribution < 1.29 is 13.6 Å². The Morgan fingerprint density at radius 3 is 2.23 bits per heavy atom. The summed E-state index contributed by atoms with van der Waals surface area (Å²) in [7, 11) is 0. The lowest BCUT2D eigenvalue weighted by atomic mass is 10.2. The summed E-state index contributed by atoms with van der Waals surface area (Å²) in [6.45, 7) is 3.29. The second-order valence-electron chi connectivity index (χ2n) is 7.10. The van der Waals surface area contributed by atoms with Gasteiger partial charge in [-0.15, -0.1) is 10.2 Å². The zero-order chi connectivity index (χ0) is 20.9. The van der Waals surface area contributed by atoms with Gasteiger partial charge in [0, 0.05) is 38.3 Å². The van der Waals surface area contributed by atoms with Crippen LogP contribution in [0.3, 0.4) is 0 Å². The number of benzene rings is 2. The smallest absolute Gasteiger partial charge is 0.238 e. The van der Waals surface area contributed by atoms with Crippen molar-refractivity contribution in [2.75, 3.05) is 42.9 Å². The maximum absolute atomic E-state index is 13.0. The van der Waals surface area contributed by atoms with E-state index in [1.165, 1.54) is 35.6 Å². The van der Waals surface area contributed by atoms with Crippen LogP contribution in [0.15, 0.2) is 48.5 Å². The second-order valence-corrected chi connectivity index (χ2v) is 8.14. The number of nitrogens with one attached hydrogen (secondary N) is 1. The highest BCUT2D eigenvalue weighted by molar-refractivity contribution is 7.15. The van der Waals surface area contributed by atoms with Crippen molar-refractivity contribution in [3.8, 4) is 0 Å². The van der Waals surface area contributed by atoms with Gasteiger partial charge in [0.05, 0.1) is 6.54 Å². The molecule has 1 amide bonds. The molecule has 0 atom stereocenters. The van der Waals surface area contributed by atoms with Crippen LogP contribution in [-0.4, -0.2) is 53.7 Å². The Kier molecular flexibility index (Phi) is 6.29. The monoisotopic (exact) mass is 429 g/mol. The van der Waals surface area contributed by atoms with Crippen molar-refractivity contribution in [3.63, 3.8) is 0 Å². The van der Waals surface area contributed by atoms with E-state index < -0.39 is 0 Å². The molecule has 0 bridgehead atoms. The van der Waals surface area contributed by atoms with Crippen LogP contribution in [0.2, 0.25) is 0 Å². The number of halogens is 2. The standard InChI is InChI=1S/C21H21F2N5OS/c22-16-3-1-15(2-4-16)13-20-25-26-21(30-20)28-11-9-27(10-12-28)14-19(29)24-18-7-5-17(23)6-8-18/h1-8H,9-14H2,(H,24,29). The van der Waals surface area contributed by atoms with Gasteiger partial charge < -0.3 is 10.2 Å². The molecule has 1 aliphatic heterocycles. The van der Waals surface area contributed by atoms with Gasteiger partial charge in [-0.25, -0.2) is 8.78 Å². The van der Waals surface area contributed by atoms with Crippen molar-refractivity contribution in [2.45, 2.75) is 6.42 Å². The fourth-order valence-electron chi connectivity index (χ4n) is 3.25. The summed E-state index contributed by atoms with van der Waals surface area (Å²) in [6, 6.07) is 12.1. The van der Waals surface area contributed by atoms with Gasteiger partial charge in [-0.2, -0.15) is 0 Å². The van der Waals surface area contributed by atoms with E-state index in [9.17, 15) is 13.6 Å². The molecule has 1 N–H and O–H groups in total. The molecular formula is C21H21F2N5OS. The van der Waals surface area contributed by atoms with Gasteiger partial charge in [0.15, 0.2) is 0 Å². The van der Waals surface area contributed by atoms with Crippen LogP contribution in [0.25, 0.3) is 0 Å². The molecule has 30 heavy (non-hydrogen) atoms. The summed E-state index contributed by atoms with van der Waals surface area (Å²) in [6.07, 6.45) is 0.626. The third-order valence-corrected chi connectivity index (χ3v) is 5.85. The summed E-state index contributed by atoms with van der Waals surface area (Å²) >= 11 is 1.54. The number of hydrogen-bond donors (Lipinski definition) is 1. The van der Waals surface area contributed by atoms with Crippen molar-refractivity contribution in [2.24, 2.45) is 0 Å². The Morgan fingerprint density at radius 2 is 1.57 bits per heavy atom. The van der Waals surface area contributed by atoms with E-state index in [1.54, 1.807) is 24.3 Å². The number of carbonyl (C=O) groups excluding carboxylic acids is 1. The molecule has 1 saturated heterocycles. The van der Waals surface area contributed by atoms with Crippen LogP contribution in [-0.2, 0) is 11.2 Å². The van der Waals surface area contributed by atoms with Gasteiger partial charge in [-0.1, -0.05) is 23.5 Å². The van der Waals surface area contributed by atoms with E-state index in [4.69, 9.17) is 0 Å². The number of anilines is 2. The lowest BCUT2D eigenvalue weighted by Crippen LogP contribution is -2.48. The lowest BCUT2D eigenvalue weighted by molar-refractivity contribution is -0.117. The number of amides is 1. The Balaban J connectivity index is 1.25. The minimum Gasteiger partial charge on any atom is -0.344 e. The third kappa shape index (κ3) is 5.37. The van der Waals surface area contributed by atoms with Crippen LogP contribution < -0.4 is 10.2 Å². The number of aromatic nitrogens is 2. The largest absolute Gasteiger partial charge is 0.344 e. The topological polar surface area (TPSA) is 61.4 Å². The Hall–Kier alpha value is -2.91. The van der Waals surface area contributed by atoms with Crippen LogP contribution in [0.1, 0.15) is 10.6 Å². The summed E-state index contributed by atoms with van der Waals surface area (Å²) in [5.74, 6) is -0.699. The predicted octanol–water partition coefficient (Wildman–Crippen LogP) is 3.17. The summed E-state index contributed by atoms with van der Waals surface area (Å²) in [4.78, 5) is 16.5. The molecule has 3 aromatic rings. The second kappa shape index (κ2) is 9.27. The van der Waals surface area contributed by atoms with Crippen molar-refractivity contribution in [3.05, 3.63) is 70.7 Å². The molecule has 0 aliphatic carbocycles. The Bertz CT molecular complexity index is 985. The highest BCUT2D eigenvalue weighted by atomic mass is 32.1. The van der Waals surface area contributed by atoms with E-state index in [1.807, 2.05) is 0 Å². The summed E-state index contributed by atoms with van der Waals surface area (Å²) in [5.41, 5.74) is 1.58. The molecule has 9 heteroatoms. The molecule has 2 aromatic carbocycles. The number of hydrogen-bond acceptors (Lipinski definition) is 6. The van der Waals surface area contributed by atoms with Crippen molar-refractivity contribution >= 4 is 28.1 Å². The molecule has 2 heterocycles. The van der Waals surface area contributed by atoms with Gasteiger partial charge >= 0.3 is 0 Å². The Labute approximate surface area is 177 Å². The van der Waals surface area contributed by atoms with Crippen LogP contribution in [0.5, 0.6) is 0 Å². The first kappa shape index (κ1) is 20.4. The molecule has 0 spiro atoms. The third-order valence-electron chi connectivity index (χ3n) is 4.86. The molecule has 1 aliphatic rings. The summed E-state index contributed by atoms with van der Waals surface area (Å²) in [5, 5.41) is 13.1. The van der Waals surface area contributed by atoms with E-state index in [2.05, 4.69) is 25.3 Å². The SMILES string of the molecule is O=C(CN1CCN(c2nnc(Cc3ccc(F)cc3)s2)CC1)Nc1ccc(F)cc1. The fraction of sp³-hybridized carbons (Fsp3) is 0.286. The molecule has 156 valence electrons. The number of piperazine rings is 1. The maximum atomic E-state index is 13.0. The van der Waals surface area contributed by atoms with E-state index in [-0.39, 0.29) is 24.1 Å².